The average Bonchev–Trinajstić information content (AvgIpc) is 2.82. The Kier molecular flexibility index (Phi) is 3.89. The molecule has 0 aliphatic carbocycles. The van der Waals surface area contributed by atoms with Crippen molar-refractivity contribution in [1.29, 1.82) is 0 Å². The molecule has 108 valence electrons. The predicted octanol–water partition coefficient (Wildman–Crippen LogP) is 0.692. The van der Waals surface area contributed by atoms with Crippen LogP contribution in [-0.4, -0.2) is 66.2 Å². The molecule has 5 heteroatoms. The van der Waals surface area contributed by atoms with Crippen LogP contribution in [0.5, 0.6) is 5.75 Å². The highest BCUT2D eigenvalue weighted by Gasteiger charge is 2.26. The summed E-state index contributed by atoms with van der Waals surface area (Å²) in [6, 6.07) is 8.21. The second-order valence-corrected chi connectivity index (χ2v) is 5.52. The van der Waals surface area contributed by atoms with Gasteiger partial charge in [0.1, 0.15) is 11.9 Å². The second kappa shape index (κ2) is 5.81. The van der Waals surface area contributed by atoms with Crippen LogP contribution in [0.2, 0.25) is 0 Å². The summed E-state index contributed by atoms with van der Waals surface area (Å²) < 4.78 is 5.95. The predicted molar refractivity (Wildman–Crippen MR) is 75.1 cm³/mol. The first kappa shape index (κ1) is 13.4. The Morgan fingerprint density at radius 3 is 2.60 bits per heavy atom. The fraction of sp³-hybridized carbons (Fsp3) is 0.533. The third kappa shape index (κ3) is 3.11. The number of hydrogen-bond acceptors (Lipinski definition) is 4. The van der Waals surface area contributed by atoms with E-state index < -0.39 is 5.97 Å². The lowest BCUT2D eigenvalue weighted by Crippen LogP contribution is -2.50. The lowest BCUT2D eigenvalue weighted by Gasteiger charge is -2.34. The van der Waals surface area contributed by atoms with Crippen molar-refractivity contribution in [3.63, 3.8) is 0 Å². The van der Waals surface area contributed by atoms with Crippen molar-refractivity contribution in [3.05, 3.63) is 29.8 Å². The average molecular weight is 276 g/mol. The van der Waals surface area contributed by atoms with Gasteiger partial charge in [0.25, 0.3) is 0 Å². The van der Waals surface area contributed by atoms with Crippen molar-refractivity contribution in [2.75, 3.05) is 39.3 Å². The number of para-hydroxylation sites is 1. The highest BCUT2D eigenvalue weighted by Crippen LogP contribution is 2.28. The van der Waals surface area contributed by atoms with E-state index in [2.05, 4.69) is 17.0 Å². The maximum Gasteiger partial charge on any atom is 0.317 e. The molecule has 2 heterocycles. The van der Waals surface area contributed by atoms with Crippen LogP contribution in [0.1, 0.15) is 5.56 Å². The molecule has 0 spiro atoms. The van der Waals surface area contributed by atoms with Gasteiger partial charge in [-0.15, -0.1) is 0 Å². The topological polar surface area (TPSA) is 53.0 Å². The van der Waals surface area contributed by atoms with E-state index >= 15 is 0 Å². The Balaban J connectivity index is 1.46. The number of carboxylic acid groups (broad SMARTS) is 1. The molecule has 20 heavy (non-hydrogen) atoms. The number of benzene rings is 1. The van der Waals surface area contributed by atoms with Crippen LogP contribution in [0, 0.1) is 0 Å². The zero-order valence-electron chi connectivity index (χ0n) is 11.5. The Bertz CT molecular complexity index is 459. The first-order valence-electron chi connectivity index (χ1n) is 7.12. The molecule has 2 aliphatic rings. The van der Waals surface area contributed by atoms with Gasteiger partial charge in [-0.2, -0.15) is 0 Å². The zero-order chi connectivity index (χ0) is 13.9. The summed E-state index contributed by atoms with van der Waals surface area (Å²) in [4.78, 5) is 15.0. The standard InChI is InChI=1S/C15H20N2O3/c18-15(19)11-17-7-5-16(6-8-17)10-13-9-12-3-1-2-4-14(12)20-13/h1-4,13H,5-11H2,(H,18,19). The lowest BCUT2D eigenvalue weighted by molar-refractivity contribution is -0.138. The lowest BCUT2D eigenvalue weighted by atomic mass is 10.1. The summed E-state index contributed by atoms with van der Waals surface area (Å²) in [7, 11) is 0. The van der Waals surface area contributed by atoms with Crippen molar-refractivity contribution in [2.24, 2.45) is 0 Å². The van der Waals surface area contributed by atoms with Gasteiger partial charge in [-0.3, -0.25) is 14.6 Å². The normalized spacial score (nSPS) is 23.3. The van der Waals surface area contributed by atoms with E-state index in [9.17, 15) is 4.79 Å². The molecule has 3 rings (SSSR count). The second-order valence-electron chi connectivity index (χ2n) is 5.52. The van der Waals surface area contributed by atoms with Gasteiger partial charge in [0.05, 0.1) is 6.54 Å². The van der Waals surface area contributed by atoms with Gasteiger partial charge in [0, 0.05) is 39.1 Å². The molecule has 1 saturated heterocycles. The number of ether oxygens (including phenoxy) is 1. The van der Waals surface area contributed by atoms with Crippen molar-refractivity contribution in [2.45, 2.75) is 12.5 Å². The minimum atomic E-state index is -0.743. The number of hydrogen-bond donors (Lipinski definition) is 1. The number of carboxylic acids is 1. The molecular weight excluding hydrogens is 256 g/mol. The van der Waals surface area contributed by atoms with E-state index in [1.807, 2.05) is 17.0 Å². The SMILES string of the molecule is O=C(O)CN1CCN(CC2Cc3ccccc3O2)CC1. The van der Waals surface area contributed by atoms with Gasteiger partial charge in [0.2, 0.25) is 0 Å². The zero-order valence-corrected chi connectivity index (χ0v) is 11.5. The first-order valence-corrected chi connectivity index (χ1v) is 7.12. The monoisotopic (exact) mass is 276 g/mol. The minimum Gasteiger partial charge on any atom is -0.488 e. The quantitative estimate of drug-likeness (QED) is 0.877. The van der Waals surface area contributed by atoms with Crippen molar-refractivity contribution in [3.8, 4) is 5.75 Å². The van der Waals surface area contributed by atoms with E-state index in [4.69, 9.17) is 9.84 Å². The van der Waals surface area contributed by atoms with Gasteiger partial charge < -0.3 is 9.84 Å². The Morgan fingerprint density at radius 1 is 1.20 bits per heavy atom. The van der Waals surface area contributed by atoms with Crippen LogP contribution >= 0.6 is 0 Å². The van der Waals surface area contributed by atoms with Gasteiger partial charge >= 0.3 is 5.97 Å². The number of nitrogens with zero attached hydrogens (tertiary/aromatic N) is 2. The molecule has 1 N–H and O–H groups in total. The van der Waals surface area contributed by atoms with E-state index in [0.717, 1.165) is 44.9 Å². The fourth-order valence-corrected chi connectivity index (χ4v) is 2.97. The van der Waals surface area contributed by atoms with Gasteiger partial charge in [-0.25, -0.2) is 0 Å². The molecule has 1 atom stereocenters. The van der Waals surface area contributed by atoms with Crippen molar-refractivity contribution >= 4 is 5.97 Å². The van der Waals surface area contributed by atoms with E-state index in [1.54, 1.807) is 0 Å². The molecule has 0 amide bonds. The van der Waals surface area contributed by atoms with Crippen molar-refractivity contribution < 1.29 is 14.6 Å². The van der Waals surface area contributed by atoms with Gasteiger partial charge in [0.15, 0.2) is 0 Å². The highest BCUT2D eigenvalue weighted by atomic mass is 16.5. The third-order valence-corrected chi connectivity index (χ3v) is 4.00. The molecule has 1 fully saturated rings. The summed E-state index contributed by atoms with van der Waals surface area (Å²) in [6.07, 6.45) is 1.21. The maximum absolute atomic E-state index is 10.7. The summed E-state index contributed by atoms with van der Waals surface area (Å²) in [6.45, 7) is 4.57. The van der Waals surface area contributed by atoms with Crippen LogP contribution in [-0.2, 0) is 11.2 Å². The summed E-state index contributed by atoms with van der Waals surface area (Å²) in [5.41, 5.74) is 1.29. The molecule has 0 aromatic heterocycles. The van der Waals surface area contributed by atoms with E-state index in [0.29, 0.717) is 0 Å². The first-order chi connectivity index (χ1) is 9.70. The third-order valence-electron chi connectivity index (χ3n) is 4.00. The number of aliphatic carboxylic acids is 1. The molecule has 0 bridgehead atoms. The van der Waals surface area contributed by atoms with E-state index in [1.165, 1.54) is 5.56 Å². The Labute approximate surface area is 118 Å². The number of fused-ring (bicyclic) bond motifs is 1. The summed E-state index contributed by atoms with van der Waals surface area (Å²) in [5, 5.41) is 8.79. The molecule has 1 unspecified atom stereocenters. The number of rotatable bonds is 4. The van der Waals surface area contributed by atoms with Gasteiger partial charge in [-0.1, -0.05) is 18.2 Å². The number of piperazine rings is 1. The largest absolute Gasteiger partial charge is 0.488 e. The highest BCUT2D eigenvalue weighted by molar-refractivity contribution is 5.69. The molecule has 2 aliphatic heterocycles. The van der Waals surface area contributed by atoms with Crippen LogP contribution < -0.4 is 4.74 Å². The summed E-state index contributed by atoms with van der Waals surface area (Å²) >= 11 is 0. The molecule has 1 aromatic rings. The molecule has 5 nitrogen and oxygen atoms in total. The molecule has 0 saturated carbocycles. The van der Waals surface area contributed by atoms with Crippen LogP contribution in [0.15, 0.2) is 24.3 Å². The number of carbonyl (C=O) groups is 1. The maximum atomic E-state index is 10.7. The Hall–Kier alpha value is -1.59. The smallest absolute Gasteiger partial charge is 0.317 e. The summed E-state index contributed by atoms with van der Waals surface area (Å²) in [5.74, 6) is 0.273. The Morgan fingerprint density at radius 2 is 1.90 bits per heavy atom. The van der Waals surface area contributed by atoms with Gasteiger partial charge in [-0.05, 0) is 11.6 Å². The molecular formula is C15H20N2O3. The fourth-order valence-electron chi connectivity index (χ4n) is 2.97. The van der Waals surface area contributed by atoms with E-state index in [-0.39, 0.29) is 12.6 Å². The molecule has 0 radical (unpaired) electrons. The molecule has 1 aromatic carbocycles. The van der Waals surface area contributed by atoms with Crippen LogP contribution in [0.25, 0.3) is 0 Å². The minimum absolute atomic E-state index is 0.152. The van der Waals surface area contributed by atoms with Crippen LogP contribution in [0.4, 0.5) is 0 Å². The van der Waals surface area contributed by atoms with Crippen LogP contribution in [0.3, 0.4) is 0 Å². The van der Waals surface area contributed by atoms with Crippen molar-refractivity contribution in [1.82, 2.24) is 9.80 Å².